The van der Waals surface area contributed by atoms with Crippen molar-refractivity contribution in [2.24, 2.45) is 0 Å². The summed E-state index contributed by atoms with van der Waals surface area (Å²) < 4.78 is 2.53. The quantitative estimate of drug-likeness (QED) is 0.171. The molecule has 78 heavy (non-hydrogen) atoms. The molecule has 1 atom stereocenters. The summed E-state index contributed by atoms with van der Waals surface area (Å²) in [6.45, 7) is 0. The predicted octanol–water partition coefficient (Wildman–Crippen LogP) is 19.2. The van der Waals surface area contributed by atoms with E-state index in [1.54, 1.807) is 0 Å². The minimum Gasteiger partial charge on any atom is -0.309 e. The first-order valence-corrected chi connectivity index (χ1v) is 27.3. The van der Waals surface area contributed by atoms with Crippen molar-refractivity contribution < 1.29 is 0 Å². The van der Waals surface area contributed by atoms with E-state index in [0.29, 0.717) is 0 Å². The smallest absolute Gasteiger partial charge is 0.0754 e. The summed E-state index contributed by atoms with van der Waals surface area (Å²) in [5.74, 6) is 0. The second-order valence-corrected chi connectivity index (χ2v) is 21.7. The first-order valence-electron chi connectivity index (χ1n) is 27.3. The van der Waals surface area contributed by atoms with E-state index in [1.807, 2.05) is 0 Å². The molecule has 0 radical (unpaired) electrons. The molecule has 0 fully saturated rings. The molecule has 3 aliphatic carbocycles. The van der Waals surface area contributed by atoms with Crippen molar-refractivity contribution in [2.45, 2.75) is 10.8 Å². The summed E-state index contributed by atoms with van der Waals surface area (Å²) in [5, 5.41) is 7.37. The molecule has 0 saturated heterocycles. The lowest BCUT2D eigenvalue weighted by molar-refractivity contribution is 0.749. The highest BCUT2D eigenvalue weighted by molar-refractivity contribution is 6.14. The van der Waals surface area contributed by atoms with E-state index in [9.17, 15) is 0 Å². The topological polar surface area (TPSA) is 8.17 Å². The normalized spacial score (nSPS) is 15.3. The van der Waals surface area contributed by atoms with Gasteiger partial charge in [-0.3, -0.25) is 0 Å². The molecule has 2 spiro atoms. The molecule has 18 rings (SSSR count). The van der Waals surface area contributed by atoms with Crippen molar-refractivity contribution in [1.82, 2.24) is 4.57 Å². The first-order chi connectivity index (χ1) is 38.7. The molecule has 2 heteroatoms. The zero-order chi connectivity index (χ0) is 50.8. The van der Waals surface area contributed by atoms with Crippen molar-refractivity contribution in [3.05, 3.63) is 324 Å². The number of fused-ring (bicyclic) bond motifs is 24. The van der Waals surface area contributed by atoms with Gasteiger partial charge in [-0.1, -0.05) is 243 Å². The number of para-hydroxylation sites is 3. The lowest BCUT2D eigenvalue weighted by Crippen LogP contribution is -2.33. The van der Waals surface area contributed by atoms with E-state index in [4.69, 9.17) is 0 Å². The van der Waals surface area contributed by atoms with Crippen molar-refractivity contribution in [2.75, 3.05) is 4.90 Å². The minimum atomic E-state index is -0.551. The maximum absolute atomic E-state index is 2.59. The van der Waals surface area contributed by atoms with Crippen molar-refractivity contribution >= 4 is 60.4 Å². The van der Waals surface area contributed by atoms with Crippen LogP contribution in [0.1, 0.15) is 44.5 Å². The van der Waals surface area contributed by atoms with Crippen LogP contribution in [0.3, 0.4) is 0 Å². The van der Waals surface area contributed by atoms with E-state index in [0.717, 1.165) is 17.1 Å². The fourth-order valence-electron chi connectivity index (χ4n) is 15.6. The third kappa shape index (κ3) is 5.09. The number of nitrogens with zero attached hydrogens (tertiary/aromatic N) is 2. The zero-order valence-electron chi connectivity index (χ0n) is 42.5. The van der Waals surface area contributed by atoms with Gasteiger partial charge in [-0.15, -0.1) is 0 Å². The van der Waals surface area contributed by atoms with E-state index >= 15 is 0 Å². The van der Waals surface area contributed by atoms with E-state index in [1.165, 1.54) is 138 Å². The molecule has 2 heterocycles. The Labute approximate surface area is 452 Å². The van der Waals surface area contributed by atoms with Gasteiger partial charge in [-0.25, -0.2) is 0 Å². The van der Waals surface area contributed by atoms with Gasteiger partial charge >= 0.3 is 0 Å². The molecule has 13 aromatic carbocycles. The fraction of sp³-hybridized carbons (Fsp3) is 0.0263. The van der Waals surface area contributed by atoms with E-state index in [-0.39, 0.29) is 0 Å². The summed E-state index contributed by atoms with van der Waals surface area (Å²) in [7, 11) is 0. The minimum absolute atomic E-state index is 0.475. The van der Waals surface area contributed by atoms with Gasteiger partial charge in [0.05, 0.1) is 44.6 Å². The van der Waals surface area contributed by atoms with Gasteiger partial charge in [0.1, 0.15) is 0 Å². The van der Waals surface area contributed by atoms with Gasteiger partial charge in [0.2, 0.25) is 0 Å². The number of benzene rings is 13. The Hall–Kier alpha value is -10.0. The van der Waals surface area contributed by atoms with Gasteiger partial charge < -0.3 is 9.47 Å². The fourth-order valence-corrected chi connectivity index (χ4v) is 15.6. The maximum atomic E-state index is 2.59. The average molecular weight is 987 g/mol. The molecule has 4 aliphatic rings. The number of hydrogen-bond donors (Lipinski definition) is 0. The monoisotopic (exact) mass is 986 g/mol. The lowest BCUT2D eigenvalue weighted by atomic mass is 9.65. The molecule has 360 valence electrons. The second kappa shape index (κ2) is 15.3. The highest BCUT2D eigenvalue weighted by atomic mass is 15.1. The first kappa shape index (κ1) is 42.2. The van der Waals surface area contributed by atoms with Crippen LogP contribution < -0.4 is 4.90 Å². The molecule has 0 amide bonds. The summed E-state index contributed by atoms with van der Waals surface area (Å²) in [6.07, 6.45) is 0. The third-order valence-electron chi connectivity index (χ3n) is 18.4. The number of hydrogen-bond acceptors (Lipinski definition) is 1. The van der Waals surface area contributed by atoms with Crippen LogP contribution in [0.4, 0.5) is 17.1 Å². The zero-order valence-corrected chi connectivity index (χ0v) is 42.5. The van der Waals surface area contributed by atoms with E-state index < -0.39 is 10.8 Å². The van der Waals surface area contributed by atoms with Crippen molar-refractivity contribution in [1.29, 1.82) is 0 Å². The summed E-state index contributed by atoms with van der Waals surface area (Å²) in [6, 6.07) is 106. The highest BCUT2D eigenvalue weighted by Crippen LogP contribution is 2.66. The molecule has 1 aliphatic heterocycles. The van der Waals surface area contributed by atoms with Crippen LogP contribution in [0.2, 0.25) is 0 Å². The molecule has 0 bridgehead atoms. The summed E-state index contributed by atoms with van der Waals surface area (Å²) >= 11 is 0. The number of rotatable bonds is 4. The molecular weight excluding hydrogens is 941 g/mol. The second-order valence-electron chi connectivity index (χ2n) is 21.7. The van der Waals surface area contributed by atoms with Crippen LogP contribution in [-0.2, 0) is 10.8 Å². The standard InChI is InChI=1S/C76H46N2/c1-2-22-50-47(20-1)21-17-40-68(50)77(72-41-19-36-65-73(72)59-29-8-13-34-63(59)75(65)60-31-10-5-24-52(60)53-25-6-11-32-61(53)75)70-45-44-49(51-23-3-4-27-56(51)70)48-42-43-55-54-26-7-12-33-62(54)76(67(55)46-48)64-35-14-16-39-71(64)78-69-38-15-9-28-57(69)58-30-18-37-66(76)74(58)78/h1-46H. The van der Waals surface area contributed by atoms with Crippen molar-refractivity contribution in [3.63, 3.8) is 0 Å². The van der Waals surface area contributed by atoms with Crippen LogP contribution in [0.25, 0.3) is 93.5 Å². The van der Waals surface area contributed by atoms with Crippen LogP contribution in [0, 0.1) is 0 Å². The molecule has 14 aromatic rings. The van der Waals surface area contributed by atoms with Crippen LogP contribution >= 0.6 is 0 Å². The Balaban J connectivity index is 0.892. The number of aromatic nitrogens is 1. The van der Waals surface area contributed by atoms with Crippen LogP contribution in [0.5, 0.6) is 0 Å². The third-order valence-corrected chi connectivity index (χ3v) is 18.4. The Morgan fingerprint density at radius 2 is 0.744 bits per heavy atom. The highest BCUT2D eigenvalue weighted by Gasteiger charge is 2.53. The maximum Gasteiger partial charge on any atom is 0.0754 e. The van der Waals surface area contributed by atoms with E-state index in [2.05, 4.69) is 289 Å². The molecule has 2 nitrogen and oxygen atoms in total. The van der Waals surface area contributed by atoms with Gasteiger partial charge in [0, 0.05) is 27.1 Å². The molecule has 0 saturated carbocycles. The SMILES string of the molecule is c1ccc2c(c1)-c1ccccc1C21c2ccccc2-c2c(N(c3cccc4ccccc34)c3ccc(-c4ccc5c(c4)C4(c6ccccc6-5)c5ccccc5-n5c6ccccc6c6cccc4c65)c4ccccc34)cccc21. The van der Waals surface area contributed by atoms with Gasteiger partial charge in [0.15, 0.2) is 0 Å². The van der Waals surface area contributed by atoms with Gasteiger partial charge in [-0.05, 0) is 131 Å². The Morgan fingerprint density at radius 1 is 0.269 bits per heavy atom. The lowest BCUT2D eigenvalue weighted by Gasteiger charge is -2.39. The summed E-state index contributed by atoms with van der Waals surface area (Å²) in [5.41, 5.74) is 27.0. The van der Waals surface area contributed by atoms with Crippen molar-refractivity contribution in [3.8, 4) is 50.2 Å². The Morgan fingerprint density at radius 3 is 1.50 bits per heavy atom. The Bertz CT molecular complexity index is 4900. The predicted molar refractivity (Wildman–Crippen MR) is 323 cm³/mol. The Kier molecular flexibility index (Phi) is 8.29. The largest absolute Gasteiger partial charge is 0.309 e. The molecule has 0 N–H and O–H groups in total. The van der Waals surface area contributed by atoms with Gasteiger partial charge in [0.25, 0.3) is 0 Å². The van der Waals surface area contributed by atoms with Crippen LogP contribution in [0.15, 0.2) is 279 Å². The van der Waals surface area contributed by atoms with Gasteiger partial charge in [-0.2, -0.15) is 0 Å². The number of anilines is 3. The molecule has 1 aromatic heterocycles. The molecular formula is C76H46N2. The average Bonchev–Trinajstić information content (AvgIpc) is 4.36. The van der Waals surface area contributed by atoms with Crippen LogP contribution in [-0.4, -0.2) is 4.57 Å². The summed E-state index contributed by atoms with van der Waals surface area (Å²) in [4.78, 5) is 2.59. The molecule has 1 unspecified atom stereocenters.